The van der Waals surface area contributed by atoms with Crippen LogP contribution in [0.2, 0.25) is 0 Å². The molecule has 0 atom stereocenters. The number of alkyl halides is 3. The van der Waals surface area contributed by atoms with Gasteiger partial charge in [-0.1, -0.05) is 6.07 Å². The maximum Gasteiger partial charge on any atom is 0.433 e. The highest BCUT2D eigenvalue weighted by Crippen LogP contribution is 2.40. The zero-order chi connectivity index (χ0) is 15.0. The zero-order valence-corrected chi connectivity index (χ0v) is 10.5. The Hall–Kier alpha value is -1.63. The smallest absolute Gasteiger partial charge is 0.433 e. The summed E-state index contributed by atoms with van der Waals surface area (Å²) < 4.78 is 37.4. The van der Waals surface area contributed by atoms with Gasteiger partial charge in [0.05, 0.1) is 11.5 Å². The summed E-state index contributed by atoms with van der Waals surface area (Å²) in [5.74, 6) is -1.09. The van der Waals surface area contributed by atoms with Crippen LogP contribution < -0.4 is 0 Å². The quantitative estimate of drug-likeness (QED) is 0.876. The Bertz CT molecular complexity index is 491. The van der Waals surface area contributed by atoms with Crippen molar-refractivity contribution < 1.29 is 28.2 Å². The van der Waals surface area contributed by atoms with Crippen molar-refractivity contribution in [2.45, 2.75) is 43.4 Å². The van der Waals surface area contributed by atoms with E-state index in [-0.39, 0.29) is 18.4 Å². The first-order chi connectivity index (χ1) is 9.25. The Kier molecular flexibility index (Phi) is 3.73. The molecular formula is C13H14F3NO3. The van der Waals surface area contributed by atoms with Crippen LogP contribution in [-0.2, 0) is 16.4 Å². The highest BCUT2D eigenvalue weighted by atomic mass is 19.4. The van der Waals surface area contributed by atoms with E-state index in [1.807, 2.05) is 0 Å². The van der Waals surface area contributed by atoms with Gasteiger partial charge in [0.25, 0.3) is 0 Å². The van der Waals surface area contributed by atoms with Crippen molar-refractivity contribution in [2.24, 2.45) is 0 Å². The molecule has 1 saturated carbocycles. The molecule has 0 saturated heterocycles. The largest absolute Gasteiger partial charge is 0.481 e. The van der Waals surface area contributed by atoms with E-state index in [1.165, 1.54) is 6.07 Å². The number of aliphatic hydroxyl groups is 1. The summed E-state index contributed by atoms with van der Waals surface area (Å²) in [4.78, 5) is 14.9. The summed E-state index contributed by atoms with van der Waals surface area (Å²) in [6.45, 7) is 0. The highest BCUT2D eigenvalue weighted by Gasteiger charge is 2.44. The molecule has 0 aliphatic heterocycles. The van der Waals surface area contributed by atoms with Gasteiger partial charge in [-0.15, -0.1) is 0 Å². The fraction of sp³-hybridized carbons (Fsp3) is 0.538. The van der Waals surface area contributed by atoms with Crippen LogP contribution in [0.15, 0.2) is 18.3 Å². The van der Waals surface area contributed by atoms with Crippen molar-refractivity contribution in [2.75, 3.05) is 0 Å². The molecule has 1 heterocycles. The minimum Gasteiger partial charge on any atom is -0.481 e. The van der Waals surface area contributed by atoms with E-state index in [4.69, 9.17) is 0 Å². The molecule has 0 amide bonds. The van der Waals surface area contributed by atoms with Gasteiger partial charge in [0.2, 0.25) is 0 Å². The molecule has 0 radical (unpaired) electrons. The lowest BCUT2D eigenvalue weighted by Gasteiger charge is -2.35. The van der Waals surface area contributed by atoms with E-state index >= 15 is 0 Å². The molecule has 7 heteroatoms. The van der Waals surface area contributed by atoms with Crippen molar-refractivity contribution in [1.29, 1.82) is 0 Å². The highest BCUT2D eigenvalue weighted by molar-refractivity contribution is 5.81. The second-order valence-corrected chi connectivity index (χ2v) is 5.05. The molecule has 0 bridgehead atoms. The Morgan fingerprint density at radius 2 is 1.90 bits per heavy atom. The number of halogens is 3. The topological polar surface area (TPSA) is 70.4 Å². The molecule has 0 unspecified atom stereocenters. The van der Waals surface area contributed by atoms with E-state index in [2.05, 4.69) is 4.98 Å². The van der Waals surface area contributed by atoms with Crippen molar-refractivity contribution in [1.82, 2.24) is 4.98 Å². The van der Waals surface area contributed by atoms with Crippen LogP contribution in [0, 0.1) is 0 Å². The number of carbonyl (C=O) groups is 1. The van der Waals surface area contributed by atoms with E-state index in [9.17, 15) is 28.2 Å². The van der Waals surface area contributed by atoms with E-state index in [0.717, 1.165) is 12.3 Å². The summed E-state index contributed by atoms with van der Waals surface area (Å²) in [5.41, 5.74) is -2.04. The Labute approximate surface area is 113 Å². The van der Waals surface area contributed by atoms with Gasteiger partial charge in [0.1, 0.15) is 5.69 Å². The summed E-state index contributed by atoms with van der Waals surface area (Å²) in [6, 6.07) is 1.96. The predicted molar refractivity (Wildman–Crippen MR) is 63.0 cm³/mol. The molecule has 110 valence electrons. The number of hydrogen-bond acceptors (Lipinski definition) is 3. The molecule has 1 fully saturated rings. The molecule has 1 aliphatic carbocycles. The summed E-state index contributed by atoms with van der Waals surface area (Å²) in [7, 11) is 0. The monoisotopic (exact) mass is 289 g/mol. The van der Waals surface area contributed by atoms with Crippen molar-refractivity contribution in [3.63, 3.8) is 0 Å². The molecule has 0 spiro atoms. The van der Waals surface area contributed by atoms with Gasteiger partial charge in [-0.3, -0.25) is 9.78 Å². The standard InChI is InChI=1S/C13H14F3NO3/c14-13(15,16)10-2-1-8(7-17-10)12(11(19)20)5-3-9(18)4-6-12/h1-2,7,9,18H,3-6H2,(H,19,20). The number of rotatable bonds is 2. The molecule has 2 N–H and O–H groups in total. The Morgan fingerprint density at radius 3 is 2.30 bits per heavy atom. The summed E-state index contributed by atoms with van der Waals surface area (Å²) in [6.07, 6.45) is -3.11. The van der Waals surface area contributed by atoms with Gasteiger partial charge in [-0.25, -0.2) is 0 Å². The van der Waals surface area contributed by atoms with Crippen LogP contribution in [0.5, 0.6) is 0 Å². The van der Waals surface area contributed by atoms with Crippen LogP contribution in [0.4, 0.5) is 13.2 Å². The van der Waals surface area contributed by atoms with Crippen LogP contribution >= 0.6 is 0 Å². The first kappa shape index (κ1) is 14.8. The molecule has 20 heavy (non-hydrogen) atoms. The average Bonchev–Trinajstić information content (AvgIpc) is 2.39. The molecule has 2 rings (SSSR count). The Balaban J connectivity index is 2.34. The van der Waals surface area contributed by atoms with Crippen LogP contribution in [0.25, 0.3) is 0 Å². The summed E-state index contributed by atoms with van der Waals surface area (Å²) >= 11 is 0. The van der Waals surface area contributed by atoms with Crippen molar-refractivity contribution in [3.8, 4) is 0 Å². The first-order valence-electron chi connectivity index (χ1n) is 6.21. The number of aromatic nitrogens is 1. The van der Waals surface area contributed by atoms with Gasteiger partial charge in [-0.05, 0) is 37.3 Å². The number of aliphatic hydroxyl groups excluding tert-OH is 1. The molecule has 0 aromatic carbocycles. The van der Waals surface area contributed by atoms with Gasteiger partial charge in [0, 0.05) is 6.20 Å². The van der Waals surface area contributed by atoms with Gasteiger partial charge < -0.3 is 10.2 Å². The number of carboxylic acids is 1. The fourth-order valence-corrected chi connectivity index (χ4v) is 2.57. The summed E-state index contributed by atoms with van der Waals surface area (Å²) in [5, 5.41) is 18.9. The Morgan fingerprint density at radius 1 is 1.30 bits per heavy atom. The minimum atomic E-state index is -4.54. The zero-order valence-electron chi connectivity index (χ0n) is 10.5. The lowest BCUT2D eigenvalue weighted by Crippen LogP contribution is -2.41. The molecular weight excluding hydrogens is 275 g/mol. The number of hydrogen-bond donors (Lipinski definition) is 2. The van der Waals surface area contributed by atoms with Crippen LogP contribution in [0.1, 0.15) is 36.9 Å². The maximum atomic E-state index is 12.5. The third kappa shape index (κ3) is 2.63. The maximum absolute atomic E-state index is 12.5. The van der Waals surface area contributed by atoms with Gasteiger partial charge >= 0.3 is 12.1 Å². The first-order valence-corrected chi connectivity index (χ1v) is 6.21. The van der Waals surface area contributed by atoms with E-state index < -0.39 is 29.4 Å². The van der Waals surface area contributed by atoms with Crippen LogP contribution in [0.3, 0.4) is 0 Å². The van der Waals surface area contributed by atoms with Crippen molar-refractivity contribution in [3.05, 3.63) is 29.6 Å². The molecule has 4 nitrogen and oxygen atoms in total. The number of nitrogens with zero attached hydrogens (tertiary/aromatic N) is 1. The number of pyridine rings is 1. The van der Waals surface area contributed by atoms with Gasteiger partial charge in [-0.2, -0.15) is 13.2 Å². The van der Waals surface area contributed by atoms with Crippen LogP contribution in [-0.4, -0.2) is 27.3 Å². The molecule has 1 aromatic heterocycles. The molecule has 1 aliphatic rings. The minimum absolute atomic E-state index is 0.191. The second kappa shape index (κ2) is 5.05. The SMILES string of the molecule is O=C(O)C1(c2ccc(C(F)(F)F)nc2)CCC(O)CC1. The predicted octanol–water partition coefficient (Wildman–Crippen LogP) is 2.36. The molecule has 1 aromatic rings. The number of aliphatic carboxylic acids is 1. The second-order valence-electron chi connectivity index (χ2n) is 5.05. The van der Waals surface area contributed by atoms with E-state index in [0.29, 0.717) is 12.8 Å². The third-order valence-electron chi connectivity index (χ3n) is 3.82. The lowest BCUT2D eigenvalue weighted by molar-refractivity contribution is -0.146. The average molecular weight is 289 g/mol. The third-order valence-corrected chi connectivity index (χ3v) is 3.82. The lowest BCUT2D eigenvalue weighted by atomic mass is 9.69. The van der Waals surface area contributed by atoms with E-state index in [1.54, 1.807) is 0 Å². The normalized spacial score (nSPS) is 27.3. The van der Waals surface area contributed by atoms with Crippen molar-refractivity contribution >= 4 is 5.97 Å². The number of carboxylic acid groups (broad SMARTS) is 1. The van der Waals surface area contributed by atoms with Gasteiger partial charge in [0.15, 0.2) is 0 Å². The fourth-order valence-electron chi connectivity index (χ4n) is 2.57.